The van der Waals surface area contributed by atoms with Gasteiger partial charge >= 0.3 is 12.1 Å². The van der Waals surface area contributed by atoms with Crippen LogP contribution in [0.5, 0.6) is 0 Å². The van der Waals surface area contributed by atoms with E-state index in [1.54, 1.807) is 0 Å². The number of rotatable bonds is 3. The molecule has 1 aromatic heterocycles. The first-order valence-electron chi connectivity index (χ1n) is 6.48. The van der Waals surface area contributed by atoms with Gasteiger partial charge in [0.25, 0.3) is 5.89 Å². The summed E-state index contributed by atoms with van der Waals surface area (Å²) in [6.45, 7) is -0.298. The van der Waals surface area contributed by atoms with Crippen LogP contribution in [0, 0.1) is 5.82 Å². The zero-order valence-corrected chi connectivity index (χ0v) is 11.7. The van der Waals surface area contributed by atoms with Crippen molar-refractivity contribution in [1.82, 2.24) is 10.1 Å². The second kappa shape index (κ2) is 5.53. The zero-order chi connectivity index (χ0) is 17.5. The summed E-state index contributed by atoms with van der Waals surface area (Å²) in [5.74, 6) is -3.31. The van der Waals surface area contributed by atoms with Crippen LogP contribution in [-0.2, 0) is 19.8 Å². The molecule has 1 aliphatic rings. The van der Waals surface area contributed by atoms with Crippen LogP contribution in [0.2, 0.25) is 0 Å². The molecule has 2 unspecified atom stereocenters. The topological polar surface area (TPSA) is 100 Å². The summed E-state index contributed by atoms with van der Waals surface area (Å²) in [6.07, 6.45) is -6.92. The van der Waals surface area contributed by atoms with E-state index in [4.69, 9.17) is 15.0 Å². The molecular weight excluding hydrogens is 338 g/mol. The predicted octanol–water partition coefficient (Wildman–Crippen LogP) is 1.49. The number of carbonyl (C=O) groups excluding carboxylic acids is 1. The molecule has 2 aromatic rings. The van der Waals surface area contributed by atoms with Crippen molar-refractivity contribution in [3.63, 3.8) is 0 Å². The molecule has 1 saturated heterocycles. The third-order valence-corrected chi connectivity index (χ3v) is 3.25. The van der Waals surface area contributed by atoms with Crippen LogP contribution in [-0.4, -0.2) is 35.2 Å². The first-order valence-corrected chi connectivity index (χ1v) is 6.48. The highest BCUT2D eigenvalue weighted by molar-refractivity contribution is 5.75. The van der Waals surface area contributed by atoms with Crippen molar-refractivity contribution in [1.29, 1.82) is 0 Å². The number of carbonyl (C=O) groups is 1. The fourth-order valence-electron chi connectivity index (χ4n) is 1.95. The van der Waals surface area contributed by atoms with Crippen LogP contribution >= 0.6 is 0 Å². The fraction of sp³-hybridized carbons (Fsp3) is 0.308. The number of nitrogens with zero attached hydrogens (tertiary/aromatic N) is 2. The number of esters is 1. The van der Waals surface area contributed by atoms with Gasteiger partial charge in [0.1, 0.15) is 5.82 Å². The molecule has 0 saturated carbocycles. The van der Waals surface area contributed by atoms with Crippen molar-refractivity contribution in [3.8, 4) is 11.4 Å². The van der Waals surface area contributed by atoms with Crippen LogP contribution < -0.4 is 5.73 Å². The number of aromatic nitrogens is 2. The lowest BCUT2D eigenvalue weighted by molar-refractivity contribution is -0.287. The molecular formula is C13H9F4N3O4. The molecule has 11 heteroatoms. The molecule has 128 valence electrons. The SMILES string of the molecule is NC1(c2nc(-c3cccc(F)c3)no2)COC1OC(=O)C(F)(F)F. The molecule has 0 amide bonds. The minimum atomic E-state index is -5.19. The number of hydrogen-bond acceptors (Lipinski definition) is 7. The van der Waals surface area contributed by atoms with Gasteiger partial charge in [0.05, 0.1) is 6.61 Å². The van der Waals surface area contributed by atoms with Gasteiger partial charge in [-0.25, -0.2) is 9.18 Å². The monoisotopic (exact) mass is 347 g/mol. The van der Waals surface area contributed by atoms with Gasteiger partial charge in [-0.15, -0.1) is 0 Å². The molecule has 0 radical (unpaired) electrons. The Balaban J connectivity index is 1.80. The maximum Gasteiger partial charge on any atom is 0.491 e. The van der Waals surface area contributed by atoms with Crippen molar-refractivity contribution < 1.29 is 36.4 Å². The molecule has 2 heterocycles. The highest BCUT2D eigenvalue weighted by atomic mass is 19.4. The normalized spacial score (nSPS) is 23.6. The minimum Gasteiger partial charge on any atom is -0.426 e. The lowest BCUT2D eigenvalue weighted by Gasteiger charge is -2.41. The standard InChI is InChI=1S/C13H9F4N3O4/c14-7-3-1-2-6(4-7)8-19-9(24-20-8)12(18)5-22-11(12)23-10(21)13(15,16)17/h1-4,11H,5,18H2. The van der Waals surface area contributed by atoms with E-state index in [9.17, 15) is 22.4 Å². The van der Waals surface area contributed by atoms with E-state index in [1.165, 1.54) is 18.2 Å². The number of ether oxygens (including phenoxy) is 2. The highest BCUT2D eigenvalue weighted by Gasteiger charge is 2.56. The molecule has 1 fully saturated rings. The second-order valence-electron chi connectivity index (χ2n) is 5.02. The maximum absolute atomic E-state index is 13.2. The summed E-state index contributed by atoms with van der Waals surface area (Å²) in [4.78, 5) is 14.8. The summed E-state index contributed by atoms with van der Waals surface area (Å²) in [6, 6.07) is 5.26. The maximum atomic E-state index is 13.2. The summed E-state index contributed by atoms with van der Waals surface area (Å²) < 4.78 is 63.7. The Morgan fingerprint density at radius 3 is 2.75 bits per heavy atom. The van der Waals surface area contributed by atoms with E-state index >= 15 is 0 Å². The molecule has 0 aliphatic carbocycles. The molecule has 2 N–H and O–H groups in total. The Bertz CT molecular complexity index is 779. The van der Waals surface area contributed by atoms with Gasteiger partial charge in [-0.2, -0.15) is 18.2 Å². The van der Waals surface area contributed by atoms with E-state index in [0.717, 1.165) is 6.07 Å². The van der Waals surface area contributed by atoms with Gasteiger partial charge in [0.2, 0.25) is 12.1 Å². The first-order chi connectivity index (χ1) is 11.2. The largest absolute Gasteiger partial charge is 0.491 e. The molecule has 0 bridgehead atoms. The molecule has 0 spiro atoms. The Morgan fingerprint density at radius 2 is 2.17 bits per heavy atom. The van der Waals surface area contributed by atoms with Crippen molar-refractivity contribution >= 4 is 5.97 Å². The third-order valence-electron chi connectivity index (χ3n) is 3.25. The van der Waals surface area contributed by atoms with Gasteiger partial charge < -0.3 is 19.7 Å². The average molecular weight is 347 g/mol. The lowest BCUT2D eigenvalue weighted by atomic mass is 9.96. The quantitative estimate of drug-likeness (QED) is 0.663. The molecule has 1 aliphatic heterocycles. The van der Waals surface area contributed by atoms with Gasteiger partial charge in [0.15, 0.2) is 5.54 Å². The first kappa shape index (κ1) is 16.3. The number of hydrogen-bond donors (Lipinski definition) is 1. The fourth-order valence-corrected chi connectivity index (χ4v) is 1.95. The van der Waals surface area contributed by atoms with Gasteiger partial charge in [0, 0.05) is 5.56 Å². The highest BCUT2D eigenvalue weighted by Crippen LogP contribution is 2.35. The van der Waals surface area contributed by atoms with Crippen LogP contribution in [0.4, 0.5) is 17.6 Å². The Morgan fingerprint density at radius 1 is 1.42 bits per heavy atom. The van der Waals surface area contributed by atoms with E-state index in [0.29, 0.717) is 0 Å². The van der Waals surface area contributed by atoms with Crippen LogP contribution in [0.25, 0.3) is 11.4 Å². The van der Waals surface area contributed by atoms with E-state index in [-0.39, 0.29) is 23.9 Å². The second-order valence-corrected chi connectivity index (χ2v) is 5.02. The zero-order valence-electron chi connectivity index (χ0n) is 11.7. The van der Waals surface area contributed by atoms with Gasteiger partial charge in [-0.1, -0.05) is 17.3 Å². The Labute approximate surface area is 131 Å². The lowest BCUT2D eigenvalue weighted by Crippen LogP contribution is -2.64. The number of alkyl halides is 3. The Hall–Kier alpha value is -2.53. The predicted molar refractivity (Wildman–Crippen MR) is 67.4 cm³/mol. The van der Waals surface area contributed by atoms with Crippen molar-refractivity contribution in [2.45, 2.75) is 18.0 Å². The third kappa shape index (κ3) is 2.83. The summed E-state index contributed by atoms with van der Waals surface area (Å²) in [5.41, 5.74) is 4.39. The van der Waals surface area contributed by atoms with Gasteiger partial charge in [-0.3, -0.25) is 0 Å². The number of halogens is 4. The molecule has 7 nitrogen and oxygen atoms in total. The van der Waals surface area contributed by atoms with Crippen LogP contribution in [0.3, 0.4) is 0 Å². The Kier molecular flexibility index (Phi) is 3.76. The number of nitrogens with two attached hydrogens (primary N) is 1. The molecule has 24 heavy (non-hydrogen) atoms. The average Bonchev–Trinajstić information content (AvgIpc) is 2.99. The summed E-state index contributed by atoms with van der Waals surface area (Å²) in [7, 11) is 0. The molecule has 3 rings (SSSR count). The summed E-state index contributed by atoms with van der Waals surface area (Å²) in [5, 5.41) is 3.59. The smallest absolute Gasteiger partial charge is 0.426 e. The van der Waals surface area contributed by atoms with Crippen LogP contribution in [0.15, 0.2) is 28.8 Å². The number of benzene rings is 1. The van der Waals surface area contributed by atoms with E-state index < -0.39 is 29.8 Å². The summed E-state index contributed by atoms with van der Waals surface area (Å²) >= 11 is 0. The van der Waals surface area contributed by atoms with E-state index in [1.807, 2.05) is 0 Å². The minimum absolute atomic E-state index is 0.0258. The van der Waals surface area contributed by atoms with Crippen molar-refractivity contribution in [3.05, 3.63) is 36.0 Å². The van der Waals surface area contributed by atoms with Crippen molar-refractivity contribution in [2.24, 2.45) is 5.73 Å². The van der Waals surface area contributed by atoms with Crippen LogP contribution in [0.1, 0.15) is 5.89 Å². The van der Waals surface area contributed by atoms with Crippen molar-refractivity contribution in [2.75, 3.05) is 6.61 Å². The van der Waals surface area contributed by atoms with E-state index in [2.05, 4.69) is 14.9 Å². The van der Waals surface area contributed by atoms with Gasteiger partial charge in [-0.05, 0) is 12.1 Å². The molecule has 1 aromatic carbocycles. The molecule has 2 atom stereocenters.